The molecule has 13 heteroatoms. The van der Waals surface area contributed by atoms with Crippen LogP contribution in [0.3, 0.4) is 0 Å². The molecule has 46 heavy (non-hydrogen) atoms. The minimum Gasteiger partial charge on any atom is -0.480 e. The van der Waals surface area contributed by atoms with Crippen molar-refractivity contribution in [1.82, 2.24) is 24.8 Å². The number of benzene rings is 1. The number of anilines is 3. The Bertz CT molecular complexity index is 1640. The van der Waals surface area contributed by atoms with E-state index in [9.17, 15) is 9.18 Å². The highest BCUT2D eigenvalue weighted by Crippen LogP contribution is 2.40. The number of ether oxygens (including phenoxy) is 2. The molecule has 2 saturated heterocycles. The van der Waals surface area contributed by atoms with Gasteiger partial charge in [-0.1, -0.05) is 0 Å². The van der Waals surface area contributed by atoms with Crippen LogP contribution in [-0.2, 0) is 4.74 Å². The molecular formula is C33H39FN8O3S. The number of likely N-dealkylation sites (tertiary alicyclic amines) is 1. The van der Waals surface area contributed by atoms with Gasteiger partial charge in [-0.15, -0.1) is 11.3 Å². The van der Waals surface area contributed by atoms with Crippen LogP contribution in [0.4, 0.5) is 26.6 Å². The molecule has 1 atom stereocenters. The summed E-state index contributed by atoms with van der Waals surface area (Å²) in [5.74, 6) is 1.25. The maximum absolute atomic E-state index is 13.6. The largest absolute Gasteiger partial charge is 0.480 e. The van der Waals surface area contributed by atoms with E-state index in [4.69, 9.17) is 24.4 Å². The number of hydrogen-bond donors (Lipinski definition) is 1. The van der Waals surface area contributed by atoms with Gasteiger partial charge in [-0.2, -0.15) is 9.97 Å². The van der Waals surface area contributed by atoms with Crippen LogP contribution in [0.15, 0.2) is 54.2 Å². The predicted molar refractivity (Wildman–Crippen MR) is 178 cm³/mol. The van der Waals surface area contributed by atoms with Crippen molar-refractivity contribution in [1.29, 1.82) is 0 Å². The van der Waals surface area contributed by atoms with Crippen molar-refractivity contribution >= 4 is 34.9 Å². The number of pyridine rings is 1. The molecule has 2 fully saturated rings. The Balaban J connectivity index is 1.31. The number of amides is 1. The lowest BCUT2D eigenvalue weighted by Gasteiger charge is -2.37. The highest BCUT2D eigenvalue weighted by Gasteiger charge is 2.31. The van der Waals surface area contributed by atoms with Gasteiger partial charge in [0, 0.05) is 62.5 Å². The summed E-state index contributed by atoms with van der Waals surface area (Å²) >= 11 is 1.44. The molecule has 11 nitrogen and oxygen atoms in total. The molecule has 1 N–H and O–H groups in total. The summed E-state index contributed by atoms with van der Waals surface area (Å²) in [4.78, 5) is 38.2. The fourth-order valence-electron chi connectivity index (χ4n) is 5.64. The van der Waals surface area contributed by atoms with Crippen molar-refractivity contribution in [2.24, 2.45) is 0 Å². The minimum absolute atomic E-state index is 0.0774. The number of methoxy groups -OCH3 is 1. The van der Waals surface area contributed by atoms with Gasteiger partial charge in [0.1, 0.15) is 27.8 Å². The lowest BCUT2D eigenvalue weighted by atomic mass is 10.1. The first-order valence-corrected chi connectivity index (χ1v) is 16.4. The third-order valence-corrected chi connectivity index (χ3v) is 8.76. The van der Waals surface area contributed by atoms with Gasteiger partial charge < -0.3 is 29.5 Å². The maximum atomic E-state index is 13.6. The average Bonchev–Trinajstić information content (AvgIpc) is 3.54. The Hall–Kier alpha value is -4.52. The van der Waals surface area contributed by atoms with Crippen molar-refractivity contribution in [3.8, 4) is 27.7 Å². The number of piperazine rings is 1. The van der Waals surface area contributed by atoms with Gasteiger partial charge in [0.2, 0.25) is 11.8 Å². The van der Waals surface area contributed by atoms with Crippen molar-refractivity contribution < 1.29 is 18.7 Å². The Morgan fingerprint density at radius 1 is 1.02 bits per heavy atom. The molecular weight excluding hydrogens is 607 g/mol. The number of aromatic nitrogens is 4. The van der Waals surface area contributed by atoms with E-state index in [2.05, 4.69) is 26.2 Å². The Kier molecular flexibility index (Phi) is 9.20. The zero-order chi connectivity index (χ0) is 32.3. The zero-order valence-corrected chi connectivity index (χ0v) is 27.4. The van der Waals surface area contributed by atoms with Gasteiger partial charge in [-0.3, -0.25) is 4.98 Å². The molecule has 3 aromatic heterocycles. The van der Waals surface area contributed by atoms with E-state index >= 15 is 0 Å². The molecule has 0 aliphatic carbocycles. The fraction of sp³-hybridized carbons (Fsp3) is 0.424. The molecule has 0 radical (unpaired) electrons. The average molecular weight is 647 g/mol. The number of carbonyl (C=O) groups excluding carboxylic acids is 1. The number of hydrogen-bond acceptors (Lipinski definition) is 11. The molecule has 4 aromatic rings. The maximum Gasteiger partial charge on any atom is 0.410 e. The van der Waals surface area contributed by atoms with E-state index in [1.165, 1.54) is 23.5 Å². The van der Waals surface area contributed by atoms with Gasteiger partial charge in [-0.05, 0) is 70.0 Å². The lowest BCUT2D eigenvalue weighted by Crippen LogP contribution is -2.48. The molecule has 1 unspecified atom stereocenters. The minimum atomic E-state index is -0.576. The number of carbonyl (C=O) groups is 1. The molecule has 2 aliphatic heterocycles. The first-order chi connectivity index (χ1) is 22.2. The summed E-state index contributed by atoms with van der Waals surface area (Å²) in [5, 5.41) is 6.24. The van der Waals surface area contributed by atoms with Crippen LogP contribution in [0.2, 0.25) is 0 Å². The van der Waals surface area contributed by atoms with Crippen molar-refractivity contribution in [2.75, 3.05) is 61.5 Å². The Morgan fingerprint density at radius 2 is 1.78 bits per heavy atom. The van der Waals surface area contributed by atoms with Crippen LogP contribution in [-0.4, -0.2) is 89.0 Å². The summed E-state index contributed by atoms with van der Waals surface area (Å²) in [6.07, 6.45) is 5.01. The molecule has 0 bridgehead atoms. The van der Waals surface area contributed by atoms with Gasteiger partial charge in [0.25, 0.3) is 0 Å². The second kappa shape index (κ2) is 13.5. The molecule has 242 valence electrons. The van der Waals surface area contributed by atoms with E-state index < -0.39 is 5.60 Å². The molecule has 6 rings (SSSR count). The molecule has 0 saturated carbocycles. The predicted octanol–water partition coefficient (Wildman–Crippen LogP) is 5.95. The van der Waals surface area contributed by atoms with E-state index in [0.29, 0.717) is 41.3 Å². The van der Waals surface area contributed by atoms with E-state index in [-0.39, 0.29) is 18.0 Å². The Labute approximate surface area is 272 Å². The van der Waals surface area contributed by atoms with Crippen molar-refractivity contribution in [3.05, 3.63) is 60.0 Å². The molecule has 1 amide bonds. The van der Waals surface area contributed by atoms with Crippen LogP contribution >= 0.6 is 11.3 Å². The van der Waals surface area contributed by atoms with Gasteiger partial charge >= 0.3 is 6.09 Å². The Morgan fingerprint density at radius 3 is 2.48 bits per heavy atom. The number of nitrogens with one attached hydrogen (secondary N) is 1. The van der Waals surface area contributed by atoms with Crippen molar-refractivity contribution in [2.45, 2.75) is 45.3 Å². The second-order valence-corrected chi connectivity index (χ2v) is 13.3. The highest BCUT2D eigenvalue weighted by molar-refractivity contribution is 7.13. The van der Waals surface area contributed by atoms with Crippen LogP contribution in [0, 0.1) is 5.82 Å². The second-order valence-electron chi connectivity index (χ2n) is 12.4. The van der Waals surface area contributed by atoms with Crippen LogP contribution < -0.4 is 19.9 Å². The smallest absolute Gasteiger partial charge is 0.410 e. The number of halogens is 1. The van der Waals surface area contributed by atoms with Crippen LogP contribution in [0.5, 0.6) is 5.88 Å². The molecule has 0 spiro atoms. The number of piperidine rings is 1. The molecule has 2 aliphatic rings. The van der Waals surface area contributed by atoms with Crippen LogP contribution in [0.1, 0.15) is 33.6 Å². The number of thiazole rings is 1. The lowest BCUT2D eigenvalue weighted by molar-refractivity contribution is 0.0206. The summed E-state index contributed by atoms with van der Waals surface area (Å²) in [6, 6.07) is 10.2. The first-order valence-electron chi connectivity index (χ1n) is 15.5. The van der Waals surface area contributed by atoms with Crippen molar-refractivity contribution in [3.63, 3.8) is 0 Å². The summed E-state index contributed by atoms with van der Waals surface area (Å²) in [6.45, 7) is 9.75. The topological polar surface area (TPSA) is 109 Å². The van der Waals surface area contributed by atoms with Gasteiger partial charge in [-0.25, -0.2) is 14.2 Å². The van der Waals surface area contributed by atoms with E-state index in [0.717, 1.165) is 56.0 Å². The zero-order valence-electron chi connectivity index (χ0n) is 26.6. The normalized spacial score (nSPS) is 17.2. The summed E-state index contributed by atoms with van der Waals surface area (Å²) in [5.41, 5.74) is 2.69. The number of nitrogens with zero attached hydrogens (tertiary/aromatic N) is 7. The molecule has 5 heterocycles. The standard InChI is InChI=1S/C33H39FN8O3S/c1-33(2,3)45-32(43)42-14-6-7-24(20-42)36-28-27(30-37-26(21-46-30)22-9-11-23(34)12-10-22)29(44-4)39-31(38-28)41-17-15-40(16-18-41)25-8-5-13-35-19-25/h5,8-13,19,21,24H,6-7,14-18,20H2,1-4H3,(H,36,38,39). The quantitative estimate of drug-likeness (QED) is 0.259. The van der Waals surface area contributed by atoms with E-state index in [1.54, 1.807) is 30.3 Å². The fourth-order valence-corrected chi connectivity index (χ4v) is 6.51. The SMILES string of the molecule is COc1nc(N2CCN(c3cccnc3)CC2)nc(NC2CCCN(C(=O)OC(C)(C)C)C2)c1-c1nc(-c2ccc(F)cc2)cs1. The first kappa shape index (κ1) is 31.5. The van der Waals surface area contributed by atoms with Gasteiger partial charge in [0.15, 0.2) is 0 Å². The number of rotatable bonds is 7. The van der Waals surface area contributed by atoms with Crippen LogP contribution in [0.25, 0.3) is 21.8 Å². The van der Waals surface area contributed by atoms with E-state index in [1.807, 2.05) is 38.4 Å². The third-order valence-electron chi connectivity index (χ3n) is 7.90. The summed E-state index contributed by atoms with van der Waals surface area (Å²) in [7, 11) is 1.60. The third kappa shape index (κ3) is 7.30. The highest BCUT2D eigenvalue weighted by atomic mass is 32.1. The molecule has 1 aromatic carbocycles. The summed E-state index contributed by atoms with van der Waals surface area (Å²) < 4.78 is 25.2. The monoisotopic (exact) mass is 646 g/mol. The van der Waals surface area contributed by atoms with Gasteiger partial charge in [0.05, 0.1) is 24.7 Å².